The van der Waals surface area contributed by atoms with Crippen LogP contribution in [0.4, 0.5) is 18.9 Å². The number of alkyl halides is 3. The fourth-order valence-corrected chi connectivity index (χ4v) is 2.75. The van der Waals surface area contributed by atoms with Crippen LogP contribution >= 0.6 is 11.6 Å². The number of hydrogen-bond donors (Lipinski definition) is 1. The summed E-state index contributed by atoms with van der Waals surface area (Å²) < 4.78 is 44.0. The van der Waals surface area contributed by atoms with Crippen LogP contribution in [-0.4, -0.2) is 28.9 Å². The number of anilines is 1. The third-order valence-corrected chi connectivity index (χ3v) is 3.98. The van der Waals surface area contributed by atoms with Crippen LogP contribution < -0.4 is 26.9 Å². The second-order valence-electron chi connectivity index (χ2n) is 5.28. The van der Waals surface area contributed by atoms with E-state index >= 15 is 0 Å². The van der Waals surface area contributed by atoms with Crippen LogP contribution in [0.1, 0.15) is 5.69 Å². The number of benzene rings is 1. The summed E-state index contributed by atoms with van der Waals surface area (Å²) in [6.07, 6.45) is -5.01. The number of nitrogens with two attached hydrogens (primary N) is 1. The number of aromatic nitrogens is 2. The molecule has 1 amide bonds. The smallest absolute Gasteiger partial charge is 0.433 e. The van der Waals surface area contributed by atoms with Gasteiger partial charge >= 0.3 is 11.9 Å². The lowest BCUT2D eigenvalue weighted by atomic mass is 10.2. The Morgan fingerprint density at radius 2 is 1.85 bits per heavy atom. The number of nitrogen functional groups attached to an aromatic ring is 1. The number of fused-ring (bicyclic) bond motifs is 1. The van der Waals surface area contributed by atoms with E-state index in [9.17, 15) is 27.6 Å². The van der Waals surface area contributed by atoms with Gasteiger partial charge in [0.05, 0.1) is 17.8 Å². The number of nitrogens with zero attached hydrogens (tertiary/aromatic N) is 3. The number of ether oxygens (including phenoxy) is 1. The molecule has 1 aromatic heterocycles. The molecule has 0 bridgehead atoms. The van der Waals surface area contributed by atoms with Gasteiger partial charge in [-0.2, -0.15) is 18.2 Å². The Bertz CT molecular complexity index is 1060. The molecule has 0 spiro atoms. The van der Waals surface area contributed by atoms with Gasteiger partial charge in [-0.05, 0) is 6.07 Å². The molecule has 0 atom stereocenters. The molecule has 1 aliphatic rings. The SMILES string of the molecule is CON1C(=O)COc2cc(Cl)c(-n3c(=O)cc(C(F)(F)F)n(N)c3=O)cc21. The Balaban J connectivity index is 2.29. The number of amides is 1. The number of halogens is 4. The van der Waals surface area contributed by atoms with E-state index in [2.05, 4.69) is 0 Å². The molecule has 0 unspecified atom stereocenters. The summed E-state index contributed by atoms with van der Waals surface area (Å²) in [4.78, 5) is 41.2. The van der Waals surface area contributed by atoms with Gasteiger partial charge in [-0.15, -0.1) is 0 Å². The first-order valence-electron chi connectivity index (χ1n) is 7.11. The first-order chi connectivity index (χ1) is 12.6. The summed E-state index contributed by atoms with van der Waals surface area (Å²) >= 11 is 6.05. The van der Waals surface area contributed by atoms with Gasteiger partial charge in [-0.25, -0.2) is 14.0 Å². The van der Waals surface area contributed by atoms with Crippen LogP contribution in [0.2, 0.25) is 5.02 Å². The Labute approximate surface area is 152 Å². The maximum absolute atomic E-state index is 12.9. The fraction of sp³-hybridized carbons (Fsp3) is 0.214. The molecule has 3 rings (SSSR count). The van der Waals surface area contributed by atoms with Gasteiger partial charge in [-0.3, -0.25) is 14.4 Å². The molecule has 2 aromatic rings. The Hall–Kier alpha value is -2.99. The fourth-order valence-electron chi connectivity index (χ4n) is 2.51. The van der Waals surface area contributed by atoms with Crippen molar-refractivity contribution in [1.82, 2.24) is 9.24 Å². The topological polar surface area (TPSA) is 109 Å². The predicted molar refractivity (Wildman–Crippen MR) is 86.5 cm³/mol. The minimum absolute atomic E-state index is 0.00270. The van der Waals surface area contributed by atoms with Gasteiger partial charge < -0.3 is 10.6 Å². The summed E-state index contributed by atoms with van der Waals surface area (Å²) in [5.74, 6) is 4.73. The molecule has 0 saturated carbocycles. The van der Waals surface area contributed by atoms with Gasteiger partial charge in [-0.1, -0.05) is 11.6 Å². The van der Waals surface area contributed by atoms with Crippen LogP contribution in [0.3, 0.4) is 0 Å². The Morgan fingerprint density at radius 3 is 2.44 bits per heavy atom. The zero-order chi connectivity index (χ0) is 20.1. The maximum Gasteiger partial charge on any atom is 0.433 e. The maximum atomic E-state index is 12.9. The molecular formula is C14H10ClF3N4O5. The molecule has 2 heterocycles. The zero-order valence-electron chi connectivity index (χ0n) is 13.4. The van der Waals surface area contributed by atoms with Gasteiger partial charge in [0.2, 0.25) is 0 Å². The quantitative estimate of drug-likeness (QED) is 0.734. The molecule has 0 fully saturated rings. The number of hydroxylamine groups is 1. The predicted octanol–water partition coefficient (Wildman–Crippen LogP) is 0.672. The van der Waals surface area contributed by atoms with Crippen molar-refractivity contribution in [2.24, 2.45) is 0 Å². The first kappa shape index (κ1) is 18.8. The highest BCUT2D eigenvalue weighted by Crippen LogP contribution is 2.37. The van der Waals surface area contributed by atoms with Gasteiger partial charge in [0.1, 0.15) is 11.4 Å². The van der Waals surface area contributed by atoms with Crippen LogP contribution in [0.5, 0.6) is 5.75 Å². The summed E-state index contributed by atoms with van der Waals surface area (Å²) in [5, 5.41) is 0.632. The third kappa shape index (κ3) is 3.02. The van der Waals surface area contributed by atoms with E-state index < -0.39 is 29.0 Å². The average molecular weight is 407 g/mol. The molecule has 27 heavy (non-hydrogen) atoms. The van der Waals surface area contributed by atoms with Crippen molar-refractivity contribution < 1.29 is 27.5 Å². The number of carbonyl (C=O) groups excluding carboxylic acids is 1. The molecule has 13 heteroatoms. The molecule has 0 aliphatic carbocycles. The Morgan fingerprint density at radius 1 is 1.19 bits per heavy atom. The molecular weight excluding hydrogens is 397 g/mol. The lowest BCUT2D eigenvalue weighted by Crippen LogP contribution is -2.45. The van der Waals surface area contributed by atoms with E-state index in [0.717, 1.165) is 11.1 Å². The summed E-state index contributed by atoms with van der Waals surface area (Å²) in [5.41, 5.74) is -4.73. The summed E-state index contributed by atoms with van der Waals surface area (Å²) in [6.45, 7) is -0.341. The standard InChI is InChI=1S/C14H10ClF3N4O5/c1-26-22-8-3-7(6(15)2-9(8)27-5-12(22)24)20-11(23)4-10(14(16,17)18)21(19)13(20)25/h2-4H,5,19H2,1H3. The van der Waals surface area contributed by atoms with Gasteiger partial charge in [0, 0.05) is 12.1 Å². The number of carbonyl (C=O) groups is 1. The second kappa shape index (κ2) is 6.32. The highest BCUT2D eigenvalue weighted by Gasteiger charge is 2.36. The lowest BCUT2D eigenvalue weighted by molar-refractivity contribution is -0.143. The first-order valence-corrected chi connectivity index (χ1v) is 7.49. The minimum atomic E-state index is -5.01. The van der Waals surface area contributed by atoms with Crippen molar-refractivity contribution in [3.05, 3.63) is 49.8 Å². The zero-order valence-corrected chi connectivity index (χ0v) is 14.2. The summed E-state index contributed by atoms with van der Waals surface area (Å²) in [7, 11) is 1.19. The molecule has 9 nitrogen and oxygen atoms in total. The molecule has 144 valence electrons. The second-order valence-corrected chi connectivity index (χ2v) is 5.69. The normalized spacial score (nSPS) is 14.1. The Kier molecular flexibility index (Phi) is 4.40. The van der Waals surface area contributed by atoms with E-state index in [-0.39, 0.29) is 39.5 Å². The highest BCUT2D eigenvalue weighted by molar-refractivity contribution is 6.32. The highest BCUT2D eigenvalue weighted by atomic mass is 35.5. The monoisotopic (exact) mass is 406 g/mol. The molecule has 1 aromatic carbocycles. The molecule has 0 saturated heterocycles. The van der Waals surface area contributed by atoms with E-state index in [1.165, 1.54) is 13.2 Å². The van der Waals surface area contributed by atoms with E-state index in [1.54, 1.807) is 0 Å². The minimum Gasteiger partial charge on any atom is -0.481 e. The average Bonchev–Trinajstić information content (AvgIpc) is 2.58. The largest absolute Gasteiger partial charge is 0.481 e. The van der Waals surface area contributed by atoms with Crippen molar-refractivity contribution in [2.75, 3.05) is 24.6 Å². The van der Waals surface area contributed by atoms with Crippen LogP contribution in [0, 0.1) is 0 Å². The van der Waals surface area contributed by atoms with Crippen LogP contribution in [0.25, 0.3) is 5.69 Å². The van der Waals surface area contributed by atoms with Crippen molar-refractivity contribution >= 4 is 23.2 Å². The number of rotatable bonds is 2. The van der Waals surface area contributed by atoms with E-state index in [4.69, 9.17) is 27.0 Å². The van der Waals surface area contributed by atoms with Crippen molar-refractivity contribution in [1.29, 1.82) is 0 Å². The van der Waals surface area contributed by atoms with Crippen LogP contribution in [0.15, 0.2) is 27.8 Å². The number of hydrogen-bond acceptors (Lipinski definition) is 6. The van der Waals surface area contributed by atoms with E-state index in [1.807, 2.05) is 0 Å². The van der Waals surface area contributed by atoms with Crippen molar-refractivity contribution in [3.8, 4) is 11.4 Å². The van der Waals surface area contributed by atoms with Crippen LogP contribution in [-0.2, 0) is 15.8 Å². The molecule has 1 aliphatic heterocycles. The summed E-state index contributed by atoms with van der Waals surface area (Å²) in [6, 6.07) is 2.44. The molecule has 2 N–H and O–H groups in total. The van der Waals surface area contributed by atoms with Gasteiger partial charge in [0.25, 0.3) is 11.5 Å². The molecule has 0 radical (unpaired) electrons. The van der Waals surface area contributed by atoms with Gasteiger partial charge in [0.15, 0.2) is 12.3 Å². The van der Waals surface area contributed by atoms with Crippen molar-refractivity contribution in [2.45, 2.75) is 6.18 Å². The third-order valence-electron chi connectivity index (χ3n) is 3.68. The van der Waals surface area contributed by atoms with Crippen molar-refractivity contribution in [3.63, 3.8) is 0 Å². The lowest BCUT2D eigenvalue weighted by Gasteiger charge is -2.27. The van der Waals surface area contributed by atoms with E-state index in [0.29, 0.717) is 4.57 Å².